The van der Waals surface area contributed by atoms with Gasteiger partial charge in [0.25, 0.3) is 0 Å². The van der Waals surface area contributed by atoms with Gasteiger partial charge in [-0.15, -0.1) is 0 Å². The van der Waals surface area contributed by atoms with E-state index in [1.54, 1.807) is 0 Å². The standard InChI is InChI=1S/C20H20O14/c21-5-12-15(28)16(33-18(29)6-1-8(22)13(26)9(23)2-6)17(20(31)32-12)34-19(30)7-3-10(24)14(27)11(25)4-7/h1-4,12,15-17,20-28,31H,5H2/t12-,15+,16+,17-,20-/m1/s1. The quantitative estimate of drug-likeness (QED) is 0.178. The van der Waals surface area contributed by atoms with E-state index in [9.17, 15) is 55.5 Å². The maximum absolute atomic E-state index is 12.5. The first-order valence-electron chi connectivity index (χ1n) is 9.48. The van der Waals surface area contributed by atoms with Gasteiger partial charge in [0.1, 0.15) is 12.2 Å². The van der Waals surface area contributed by atoms with Crippen LogP contribution in [0.3, 0.4) is 0 Å². The van der Waals surface area contributed by atoms with Crippen molar-refractivity contribution in [1.82, 2.24) is 0 Å². The predicted molar refractivity (Wildman–Crippen MR) is 105 cm³/mol. The summed E-state index contributed by atoms with van der Waals surface area (Å²) in [6.07, 6.45) is -9.15. The van der Waals surface area contributed by atoms with E-state index in [1.807, 2.05) is 0 Å². The highest BCUT2D eigenvalue weighted by molar-refractivity contribution is 5.92. The van der Waals surface area contributed by atoms with Crippen molar-refractivity contribution in [2.75, 3.05) is 6.61 Å². The third-order valence-corrected chi connectivity index (χ3v) is 4.91. The molecule has 0 aliphatic carbocycles. The van der Waals surface area contributed by atoms with E-state index in [4.69, 9.17) is 14.2 Å². The van der Waals surface area contributed by atoms with Crippen LogP contribution < -0.4 is 0 Å². The van der Waals surface area contributed by atoms with Gasteiger partial charge in [-0.1, -0.05) is 0 Å². The molecule has 0 aromatic heterocycles. The fraction of sp³-hybridized carbons (Fsp3) is 0.300. The molecule has 1 aliphatic heterocycles. The number of aliphatic hydroxyl groups excluding tert-OH is 3. The first kappa shape index (κ1) is 24.7. The number of ether oxygens (including phenoxy) is 3. The highest BCUT2D eigenvalue weighted by Crippen LogP contribution is 2.37. The fourth-order valence-corrected chi connectivity index (χ4v) is 3.15. The van der Waals surface area contributed by atoms with Crippen molar-refractivity contribution < 1.29 is 69.8 Å². The van der Waals surface area contributed by atoms with Crippen molar-refractivity contribution in [3.63, 3.8) is 0 Å². The molecular formula is C20H20O14. The van der Waals surface area contributed by atoms with E-state index < -0.39 is 94.9 Å². The molecule has 1 saturated heterocycles. The molecule has 1 heterocycles. The zero-order valence-electron chi connectivity index (χ0n) is 17.0. The van der Waals surface area contributed by atoms with E-state index in [1.165, 1.54) is 0 Å². The Morgan fingerprint density at radius 2 is 1.12 bits per heavy atom. The molecule has 34 heavy (non-hydrogen) atoms. The highest BCUT2D eigenvalue weighted by Gasteiger charge is 2.49. The van der Waals surface area contributed by atoms with Crippen LogP contribution in [-0.4, -0.2) is 95.2 Å². The van der Waals surface area contributed by atoms with Gasteiger partial charge in [0, 0.05) is 0 Å². The van der Waals surface area contributed by atoms with E-state index in [0.29, 0.717) is 0 Å². The first-order valence-corrected chi connectivity index (χ1v) is 9.48. The number of aromatic hydroxyl groups is 6. The molecule has 1 fully saturated rings. The minimum atomic E-state index is -2.04. The smallest absolute Gasteiger partial charge is 0.339 e. The summed E-state index contributed by atoms with van der Waals surface area (Å²) in [6, 6.07) is 2.91. The second kappa shape index (κ2) is 9.48. The van der Waals surface area contributed by atoms with Crippen molar-refractivity contribution in [3.8, 4) is 34.5 Å². The lowest BCUT2D eigenvalue weighted by Crippen LogP contribution is -2.61. The summed E-state index contributed by atoms with van der Waals surface area (Å²) >= 11 is 0. The minimum absolute atomic E-state index is 0.500. The summed E-state index contributed by atoms with van der Waals surface area (Å²) in [5.74, 6) is -7.93. The molecule has 9 N–H and O–H groups in total. The number of benzene rings is 2. The first-order chi connectivity index (χ1) is 15.9. The van der Waals surface area contributed by atoms with E-state index in [-0.39, 0.29) is 0 Å². The Morgan fingerprint density at radius 3 is 1.50 bits per heavy atom. The lowest BCUT2D eigenvalue weighted by atomic mass is 9.98. The molecule has 5 atom stereocenters. The molecule has 0 spiro atoms. The van der Waals surface area contributed by atoms with Crippen LogP contribution in [0, 0.1) is 0 Å². The van der Waals surface area contributed by atoms with Crippen molar-refractivity contribution in [2.24, 2.45) is 0 Å². The molecule has 14 nitrogen and oxygen atoms in total. The van der Waals surface area contributed by atoms with Gasteiger partial charge in [0.2, 0.25) is 0 Å². The van der Waals surface area contributed by atoms with Crippen LogP contribution in [-0.2, 0) is 14.2 Å². The average molecular weight is 484 g/mol. The van der Waals surface area contributed by atoms with Crippen LogP contribution in [0.1, 0.15) is 20.7 Å². The monoisotopic (exact) mass is 484 g/mol. The zero-order chi connectivity index (χ0) is 25.3. The molecule has 14 heteroatoms. The van der Waals surface area contributed by atoms with Gasteiger partial charge in [0.15, 0.2) is 53.0 Å². The van der Waals surface area contributed by atoms with Crippen LogP contribution in [0.5, 0.6) is 34.5 Å². The van der Waals surface area contributed by atoms with Crippen molar-refractivity contribution in [3.05, 3.63) is 35.4 Å². The Hall–Kier alpha value is -3.98. The van der Waals surface area contributed by atoms with E-state index in [0.717, 1.165) is 24.3 Å². The Kier molecular flexibility index (Phi) is 6.88. The Bertz CT molecular complexity index is 1050. The van der Waals surface area contributed by atoms with Gasteiger partial charge in [-0.2, -0.15) is 0 Å². The molecule has 184 valence electrons. The van der Waals surface area contributed by atoms with Crippen LogP contribution >= 0.6 is 0 Å². The number of carbonyl (C=O) groups excluding carboxylic acids is 2. The largest absolute Gasteiger partial charge is 0.504 e. The lowest BCUT2D eigenvalue weighted by Gasteiger charge is -2.41. The topological polar surface area (TPSA) is 244 Å². The molecule has 0 amide bonds. The number of phenols is 6. The number of hydrogen-bond donors (Lipinski definition) is 9. The molecule has 0 unspecified atom stereocenters. The van der Waals surface area contributed by atoms with Crippen LogP contribution in [0.15, 0.2) is 24.3 Å². The van der Waals surface area contributed by atoms with Crippen LogP contribution in [0.2, 0.25) is 0 Å². The molecule has 2 aromatic carbocycles. The number of carbonyl (C=O) groups is 2. The van der Waals surface area contributed by atoms with Gasteiger partial charge in [-0.25, -0.2) is 9.59 Å². The average Bonchev–Trinajstić information content (AvgIpc) is 2.79. The van der Waals surface area contributed by atoms with E-state index >= 15 is 0 Å². The predicted octanol–water partition coefficient (Wildman–Crippen LogP) is -1.26. The molecule has 2 aromatic rings. The molecule has 0 bridgehead atoms. The van der Waals surface area contributed by atoms with Crippen molar-refractivity contribution in [2.45, 2.75) is 30.7 Å². The number of phenolic OH excluding ortho intramolecular Hbond substituents is 6. The summed E-state index contributed by atoms with van der Waals surface area (Å²) in [4.78, 5) is 25.0. The molecule has 0 saturated carbocycles. The molecular weight excluding hydrogens is 464 g/mol. The number of rotatable bonds is 5. The van der Waals surface area contributed by atoms with Gasteiger partial charge in [0.05, 0.1) is 17.7 Å². The Balaban J connectivity index is 1.89. The maximum atomic E-state index is 12.5. The van der Waals surface area contributed by atoms with Crippen molar-refractivity contribution >= 4 is 11.9 Å². The van der Waals surface area contributed by atoms with Gasteiger partial charge >= 0.3 is 11.9 Å². The second-order valence-corrected chi connectivity index (χ2v) is 7.20. The summed E-state index contributed by atoms with van der Waals surface area (Å²) in [7, 11) is 0. The summed E-state index contributed by atoms with van der Waals surface area (Å²) in [5.41, 5.74) is -1.00. The number of aliphatic hydroxyl groups is 3. The van der Waals surface area contributed by atoms with E-state index in [2.05, 4.69) is 0 Å². The van der Waals surface area contributed by atoms with Crippen LogP contribution in [0.4, 0.5) is 0 Å². The number of esters is 2. The van der Waals surface area contributed by atoms with Gasteiger partial charge in [-0.05, 0) is 24.3 Å². The summed E-state index contributed by atoms with van der Waals surface area (Å²) in [6.45, 7) is -0.840. The number of hydrogen-bond acceptors (Lipinski definition) is 14. The SMILES string of the molecule is O=C(O[C@@H]1[C@@H](OC(=O)c2cc(O)c(O)c(O)c2)[C@@H](O)[C@@H](CO)O[C@H]1O)c1cc(O)c(O)c(O)c1. The molecule has 3 rings (SSSR count). The minimum Gasteiger partial charge on any atom is -0.504 e. The normalized spacial score (nSPS) is 24.4. The maximum Gasteiger partial charge on any atom is 0.339 e. The molecule has 0 radical (unpaired) electrons. The Labute approximate surface area is 189 Å². The molecule has 1 aliphatic rings. The van der Waals surface area contributed by atoms with Gasteiger partial charge < -0.3 is 60.2 Å². The fourth-order valence-electron chi connectivity index (χ4n) is 3.15. The second-order valence-electron chi connectivity index (χ2n) is 7.20. The van der Waals surface area contributed by atoms with Crippen molar-refractivity contribution in [1.29, 1.82) is 0 Å². The third-order valence-electron chi connectivity index (χ3n) is 4.91. The highest BCUT2D eigenvalue weighted by atomic mass is 16.7. The zero-order valence-corrected chi connectivity index (χ0v) is 17.0. The van der Waals surface area contributed by atoms with Gasteiger partial charge in [-0.3, -0.25) is 0 Å². The Morgan fingerprint density at radius 1 is 0.735 bits per heavy atom. The van der Waals surface area contributed by atoms with Crippen LogP contribution in [0.25, 0.3) is 0 Å². The lowest BCUT2D eigenvalue weighted by molar-refractivity contribution is -0.285. The third kappa shape index (κ3) is 4.69. The summed E-state index contributed by atoms with van der Waals surface area (Å²) < 4.78 is 15.1. The summed E-state index contributed by atoms with van der Waals surface area (Å²) in [5, 5.41) is 87.2.